The second kappa shape index (κ2) is 6.76. The molecule has 3 aromatic rings. The fourth-order valence-electron chi connectivity index (χ4n) is 2.19. The second-order valence-corrected chi connectivity index (χ2v) is 4.43. The van der Waals surface area contributed by atoms with Crippen LogP contribution in [0.2, 0.25) is 0 Å². The summed E-state index contributed by atoms with van der Waals surface area (Å²) in [5, 5.41) is 2.56. The van der Waals surface area contributed by atoms with Crippen LogP contribution in [0, 0.1) is 0 Å². The summed E-state index contributed by atoms with van der Waals surface area (Å²) in [6.07, 6.45) is 0. The van der Waals surface area contributed by atoms with Gasteiger partial charge in [-0.2, -0.15) is 0 Å². The van der Waals surface area contributed by atoms with E-state index < -0.39 is 0 Å². The first kappa shape index (κ1) is 14.1. The Kier molecular flexibility index (Phi) is 4.78. The fourth-order valence-corrected chi connectivity index (χ4v) is 2.19. The molecule has 0 saturated carbocycles. The van der Waals surface area contributed by atoms with E-state index in [1.54, 1.807) is 0 Å². The van der Waals surface area contributed by atoms with Crippen LogP contribution in [-0.2, 0) is 0 Å². The number of nitrogens with zero attached hydrogens (tertiary/aromatic N) is 1. The zero-order valence-electron chi connectivity index (χ0n) is 12.4. The summed E-state index contributed by atoms with van der Waals surface area (Å²) >= 11 is 0. The molecule has 0 heterocycles. The molecule has 0 unspecified atom stereocenters. The molecule has 0 amide bonds. The van der Waals surface area contributed by atoms with Gasteiger partial charge in [-0.15, -0.1) is 0 Å². The zero-order chi connectivity index (χ0) is 14.4. The van der Waals surface area contributed by atoms with Crippen LogP contribution in [0.4, 0.5) is 11.4 Å². The molecule has 1 heteroatoms. The highest BCUT2D eigenvalue weighted by atomic mass is 15.1. The molecule has 20 heavy (non-hydrogen) atoms. The number of fused-ring (bicyclic) bond motifs is 1. The van der Waals surface area contributed by atoms with Gasteiger partial charge in [-0.25, -0.2) is 0 Å². The normalized spacial score (nSPS) is 9.75. The van der Waals surface area contributed by atoms with E-state index in [0.29, 0.717) is 0 Å². The first-order valence-electron chi connectivity index (χ1n) is 7.12. The van der Waals surface area contributed by atoms with Gasteiger partial charge in [-0.3, -0.25) is 0 Å². The molecular weight excluding hydrogens is 242 g/mol. The Hall–Kier alpha value is -2.28. The molecule has 0 aliphatic rings. The Morgan fingerprint density at radius 1 is 0.600 bits per heavy atom. The van der Waals surface area contributed by atoms with Crippen LogP contribution in [0.5, 0.6) is 0 Å². The summed E-state index contributed by atoms with van der Waals surface area (Å²) in [6.45, 7) is 4.00. The maximum atomic E-state index is 2.22. The van der Waals surface area contributed by atoms with Crippen molar-refractivity contribution in [1.82, 2.24) is 0 Å². The number of anilines is 2. The average Bonchev–Trinajstić information content (AvgIpc) is 2.56. The molecule has 0 radical (unpaired) electrons. The van der Waals surface area contributed by atoms with E-state index in [1.165, 1.54) is 22.1 Å². The molecule has 102 valence electrons. The van der Waals surface area contributed by atoms with E-state index in [0.717, 1.165) is 0 Å². The lowest BCUT2D eigenvalue weighted by Crippen LogP contribution is -2.08. The van der Waals surface area contributed by atoms with Crippen LogP contribution in [0.15, 0.2) is 72.8 Å². The molecule has 0 aromatic heterocycles. The number of benzene rings is 3. The molecule has 0 aliphatic heterocycles. The highest BCUT2D eigenvalue weighted by molar-refractivity contribution is 5.86. The zero-order valence-corrected chi connectivity index (χ0v) is 12.4. The van der Waals surface area contributed by atoms with Crippen molar-refractivity contribution in [2.24, 2.45) is 0 Å². The third-order valence-corrected chi connectivity index (χ3v) is 3.26. The maximum Gasteiger partial charge on any atom is 0.0414 e. The van der Waals surface area contributed by atoms with E-state index in [1.807, 2.05) is 19.9 Å². The first-order chi connectivity index (χ1) is 9.84. The molecule has 0 bridgehead atoms. The highest BCUT2D eigenvalue weighted by Gasteiger charge is 2.03. The van der Waals surface area contributed by atoms with E-state index in [2.05, 4.69) is 78.7 Å². The van der Waals surface area contributed by atoms with Crippen molar-refractivity contribution < 1.29 is 0 Å². The monoisotopic (exact) mass is 263 g/mol. The van der Waals surface area contributed by atoms with E-state index >= 15 is 0 Å². The number of para-hydroxylation sites is 1. The van der Waals surface area contributed by atoms with Crippen molar-refractivity contribution in [3.8, 4) is 0 Å². The molecule has 0 aliphatic carbocycles. The van der Waals surface area contributed by atoms with Crippen LogP contribution in [0.3, 0.4) is 0 Å². The Bertz CT molecular complexity index is 659. The van der Waals surface area contributed by atoms with Gasteiger partial charge in [0.05, 0.1) is 0 Å². The minimum atomic E-state index is 1.20. The van der Waals surface area contributed by atoms with Gasteiger partial charge in [0.15, 0.2) is 0 Å². The van der Waals surface area contributed by atoms with Crippen LogP contribution >= 0.6 is 0 Å². The van der Waals surface area contributed by atoms with Gasteiger partial charge in [0.1, 0.15) is 0 Å². The molecular formula is C19H21N. The van der Waals surface area contributed by atoms with Crippen LogP contribution in [-0.4, -0.2) is 7.05 Å². The Morgan fingerprint density at radius 3 is 1.90 bits per heavy atom. The molecule has 0 spiro atoms. The molecule has 3 aromatic carbocycles. The quantitative estimate of drug-likeness (QED) is 0.579. The predicted molar refractivity (Wildman–Crippen MR) is 89.8 cm³/mol. The van der Waals surface area contributed by atoms with E-state index in [9.17, 15) is 0 Å². The van der Waals surface area contributed by atoms with Crippen molar-refractivity contribution in [3.05, 3.63) is 72.8 Å². The molecule has 0 saturated heterocycles. The van der Waals surface area contributed by atoms with Gasteiger partial charge in [-0.1, -0.05) is 62.4 Å². The summed E-state index contributed by atoms with van der Waals surface area (Å²) < 4.78 is 0. The lowest BCUT2D eigenvalue weighted by molar-refractivity contribution is 1.21. The molecule has 3 rings (SSSR count). The average molecular weight is 263 g/mol. The van der Waals surface area contributed by atoms with Gasteiger partial charge in [0, 0.05) is 18.4 Å². The first-order valence-corrected chi connectivity index (χ1v) is 7.12. The fraction of sp³-hybridized carbons (Fsp3) is 0.158. The standard InChI is InChI=1S/C17H15N.C2H6/c1-18(16-9-3-2-4-10-16)17-12-11-14-7-5-6-8-15(14)13-17;1-2/h2-13H,1H3;1-2H3. The molecule has 1 nitrogen and oxygen atoms in total. The minimum Gasteiger partial charge on any atom is -0.345 e. The maximum absolute atomic E-state index is 2.22. The van der Waals surface area contributed by atoms with Gasteiger partial charge in [0.2, 0.25) is 0 Å². The summed E-state index contributed by atoms with van der Waals surface area (Å²) in [7, 11) is 2.10. The van der Waals surface area contributed by atoms with Crippen molar-refractivity contribution in [2.45, 2.75) is 13.8 Å². The van der Waals surface area contributed by atoms with E-state index in [-0.39, 0.29) is 0 Å². The van der Waals surface area contributed by atoms with Crippen LogP contribution in [0.25, 0.3) is 10.8 Å². The van der Waals surface area contributed by atoms with Crippen LogP contribution < -0.4 is 4.90 Å². The van der Waals surface area contributed by atoms with Crippen molar-refractivity contribution in [1.29, 1.82) is 0 Å². The van der Waals surface area contributed by atoms with Gasteiger partial charge >= 0.3 is 0 Å². The third kappa shape index (κ3) is 3.00. The van der Waals surface area contributed by atoms with Gasteiger partial charge < -0.3 is 4.90 Å². The van der Waals surface area contributed by atoms with Crippen molar-refractivity contribution in [2.75, 3.05) is 11.9 Å². The lowest BCUT2D eigenvalue weighted by Gasteiger charge is -2.19. The minimum absolute atomic E-state index is 1.20. The lowest BCUT2D eigenvalue weighted by atomic mass is 10.1. The largest absolute Gasteiger partial charge is 0.345 e. The summed E-state index contributed by atoms with van der Waals surface area (Å²) in [4.78, 5) is 2.20. The number of rotatable bonds is 2. The molecule has 0 fully saturated rings. The Balaban J connectivity index is 0.000000704. The topological polar surface area (TPSA) is 3.24 Å². The van der Waals surface area contributed by atoms with Gasteiger partial charge in [0.25, 0.3) is 0 Å². The highest BCUT2D eigenvalue weighted by Crippen LogP contribution is 2.26. The predicted octanol–water partition coefficient (Wildman–Crippen LogP) is 5.63. The summed E-state index contributed by atoms with van der Waals surface area (Å²) in [5.74, 6) is 0. The van der Waals surface area contributed by atoms with Gasteiger partial charge in [-0.05, 0) is 35.0 Å². The Labute approximate surface area is 121 Å². The van der Waals surface area contributed by atoms with Crippen LogP contribution in [0.1, 0.15) is 13.8 Å². The smallest absolute Gasteiger partial charge is 0.0414 e. The summed E-state index contributed by atoms with van der Waals surface area (Å²) in [6, 6.07) is 25.4. The van der Waals surface area contributed by atoms with E-state index in [4.69, 9.17) is 0 Å². The molecule has 0 atom stereocenters. The molecule has 0 N–H and O–H groups in total. The van der Waals surface area contributed by atoms with Crippen molar-refractivity contribution in [3.63, 3.8) is 0 Å². The van der Waals surface area contributed by atoms with Crippen molar-refractivity contribution >= 4 is 22.1 Å². The summed E-state index contributed by atoms with van der Waals surface area (Å²) in [5.41, 5.74) is 2.41. The number of hydrogen-bond acceptors (Lipinski definition) is 1. The number of hydrogen-bond donors (Lipinski definition) is 0. The third-order valence-electron chi connectivity index (χ3n) is 3.26. The SMILES string of the molecule is CC.CN(c1ccccc1)c1ccc2ccccc2c1. The second-order valence-electron chi connectivity index (χ2n) is 4.43. The Morgan fingerprint density at radius 2 is 1.20 bits per heavy atom.